The van der Waals surface area contributed by atoms with Gasteiger partial charge in [0.05, 0.1) is 6.20 Å². The highest BCUT2D eigenvalue weighted by atomic mass is 79.9. The van der Waals surface area contributed by atoms with Gasteiger partial charge in [0, 0.05) is 15.9 Å². The Bertz CT molecular complexity index is 514. The van der Waals surface area contributed by atoms with Gasteiger partial charge >= 0.3 is 0 Å². The van der Waals surface area contributed by atoms with Crippen molar-refractivity contribution in [1.29, 1.82) is 0 Å². The van der Waals surface area contributed by atoms with Gasteiger partial charge in [-0.05, 0) is 48.0 Å². The Morgan fingerprint density at radius 2 is 2.26 bits per heavy atom. The molecule has 0 saturated heterocycles. The molecule has 0 atom stereocenters. The summed E-state index contributed by atoms with van der Waals surface area (Å²) in [5.74, 6) is 0.648. The predicted octanol–water partition coefficient (Wildman–Crippen LogP) is 4.33. The maximum Gasteiger partial charge on any atom is 0.260 e. The SMILES string of the molecule is CC(C)CNCc1cc(Br)ccc1Sc1ncco1. The lowest BCUT2D eigenvalue weighted by atomic mass is 10.2. The van der Waals surface area contributed by atoms with Crippen molar-refractivity contribution in [3.63, 3.8) is 0 Å². The van der Waals surface area contributed by atoms with E-state index in [0.717, 1.165) is 17.6 Å². The minimum absolute atomic E-state index is 0.648. The topological polar surface area (TPSA) is 38.1 Å². The van der Waals surface area contributed by atoms with Crippen molar-refractivity contribution in [3.05, 3.63) is 40.7 Å². The Kier molecular flexibility index (Phi) is 5.48. The van der Waals surface area contributed by atoms with Crippen LogP contribution in [0.1, 0.15) is 19.4 Å². The Balaban J connectivity index is 2.08. The lowest BCUT2D eigenvalue weighted by Crippen LogP contribution is -2.19. The van der Waals surface area contributed by atoms with Gasteiger partial charge in [-0.25, -0.2) is 4.98 Å². The van der Waals surface area contributed by atoms with Gasteiger partial charge in [0.25, 0.3) is 5.22 Å². The fraction of sp³-hybridized carbons (Fsp3) is 0.357. The van der Waals surface area contributed by atoms with Crippen LogP contribution in [-0.4, -0.2) is 11.5 Å². The van der Waals surface area contributed by atoms with Crippen LogP contribution in [0.2, 0.25) is 0 Å². The predicted molar refractivity (Wildman–Crippen MR) is 81.3 cm³/mol. The summed E-state index contributed by atoms with van der Waals surface area (Å²) in [6, 6.07) is 6.27. The van der Waals surface area contributed by atoms with Crippen LogP contribution < -0.4 is 5.32 Å². The summed E-state index contributed by atoms with van der Waals surface area (Å²) in [4.78, 5) is 5.32. The van der Waals surface area contributed by atoms with Crippen molar-refractivity contribution in [1.82, 2.24) is 10.3 Å². The summed E-state index contributed by atoms with van der Waals surface area (Å²) in [7, 11) is 0. The third-order valence-electron chi connectivity index (χ3n) is 2.50. The molecular formula is C14H17BrN2OS. The molecule has 102 valence electrons. The molecular weight excluding hydrogens is 324 g/mol. The summed E-state index contributed by atoms with van der Waals surface area (Å²) in [6.45, 7) is 6.27. The number of oxazole rings is 1. The highest BCUT2D eigenvalue weighted by Gasteiger charge is 2.08. The summed E-state index contributed by atoms with van der Waals surface area (Å²) in [5, 5.41) is 4.14. The first-order chi connectivity index (χ1) is 9.15. The first-order valence-corrected chi connectivity index (χ1v) is 7.82. The second-order valence-electron chi connectivity index (χ2n) is 4.68. The van der Waals surface area contributed by atoms with E-state index in [0.29, 0.717) is 11.1 Å². The van der Waals surface area contributed by atoms with E-state index in [9.17, 15) is 0 Å². The Hall–Kier alpha value is -0.780. The first kappa shape index (κ1) is 14.6. The van der Waals surface area contributed by atoms with Crippen LogP contribution in [0.15, 0.2) is 49.7 Å². The van der Waals surface area contributed by atoms with Crippen molar-refractivity contribution in [2.24, 2.45) is 5.92 Å². The average molecular weight is 341 g/mol. The summed E-state index contributed by atoms with van der Waals surface area (Å²) in [5.41, 5.74) is 1.25. The molecule has 0 aliphatic carbocycles. The van der Waals surface area contributed by atoms with Gasteiger partial charge in [-0.15, -0.1) is 0 Å². The Labute approximate surface area is 126 Å². The second-order valence-corrected chi connectivity index (χ2v) is 6.59. The van der Waals surface area contributed by atoms with Gasteiger partial charge in [0.15, 0.2) is 0 Å². The maximum atomic E-state index is 5.29. The van der Waals surface area contributed by atoms with Crippen LogP contribution >= 0.6 is 27.7 Å². The summed E-state index contributed by atoms with van der Waals surface area (Å²) < 4.78 is 6.37. The summed E-state index contributed by atoms with van der Waals surface area (Å²) >= 11 is 5.07. The molecule has 1 aromatic heterocycles. The molecule has 5 heteroatoms. The molecule has 19 heavy (non-hydrogen) atoms. The molecule has 1 heterocycles. The Morgan fingerprint density at radius 3 is 2.95 bits per heavy atom. The average Bonchev–Trinajstić information content (AvgIpc) is 2.85. The number of nitrogens with one attached hydrogen (secondary N) is 1. The van der Waals surface area contributed by atoms with Crippen molar-refractivity contribution in [2.45, 2.75) is 30.5 Å². The molecule has 0 aliphatic rings. The number of aromatic nitrogens is 1. The largest absolute Gasteiger partial charge is 0.440 e. The molecule has 2 aromatic rings. The van der Waals surface area contributed by atoms with Crippen molar-refractivity contribution < 1.29 is 4.42 Å². The monoisotopic (exact) mass is 340 g/mol. The lowest BCUT2D eigenvalue weighted by molar-refractivity contribution is 0.454. The van der Waals surface area contributed by atoms with Crippen molar-refractivity contribution in [3.8, 4) is 0 Å². The van der Waals surface area contributed by atoms with Crippen LogP contribution in [0.5, 0.6) is 0 Å². The van der Waals surface area contributed by atoms with E-state index in [2.05, 4.69) is 52.2 Å². The van der Waals surface area contributed by atoms with Crippen LogP contribution in [0.3, 0.4) is 0 Å². The van der Waals surface area contributed by atoms with Gasteiger partial charge in [-0.3, -0.25) is 0 Å². The Morgan fingerprint density at radius 1 is 1.42 bits per heavy atom. The van der Waals surface area contributed by atoms with Crippen LogP contribution in [0.25, 0.3) is 0 Å². The van der Waals surface area contributed by atoms with Gasteiger partial charge in [0.2, 0.25) is 0 Å². The molecule has 0 bridgehead atoms. The highest BCUT2D eigenvalue weighted by Crippen LogP contribution is 2.31. The van der Waals surface area contributed by atoms with Crippen LogP contribution in [0, 0.1) is 5.92 Å². The zero-order valence-corrected chi connectivity index (χ0v) is 13.4. The number of hydrogen-bond acceptors (Lipinski definition) is 4. The lowest BCUT2D eigenvalue weighted by Gasteiger charge is -2.11. The molecule has 0 fully saturated rings. The number of hydrogen-bond donors (Lipinski definition) is 1. The van der Waals surface area contributed by atoms with E-state index < -0.39 is 0 Å². The van der Waals surface area contributed by atoms with Gasteiger partial charge in [0.1, 0.15) is 6.26 Å². The zero-order chi connectivity index (χ0) is 13.7. The molecule has 0 spiro atoms. The highest BCUT2D eigenvalue weighted by molar-refractivity contribution is 9.10. The van der Waals surface area contributed by atoms with Crippen molar-refractivity contribution >= 4 is 27.7 Å². The third-order valence-corrected chi connectivity index (χ3v) is 3.99. The third kappa shape index (κ3) is 4.67. The molecule has 1 N–H and O–H groups in total. The van der Waals surface area contributed by atoms with E-state index >= 15 is 0 Å². The molecule has 1 aromatic carbocycles. The van der Waals surface area contributed by atoms with Crippen LogP contribution in [0.4, 0.5) is 0 Å². The fourth-order valence-corrected chi connectivity index (χ4v) is 2.85. The van der Waals surface area contributed by atoms with Gasteiger partial charge in [-0.2, -0.15) is 0 Å². The number of benzene rings is 1. The van der Waals surface area contributed by atoms with E-state index in [1.54, 1.807) is 24.2 Å². The normalized spacial score (nSPS) is 11.2. The molecule has 2 rings (SSSR count). The molecule has 0 unspecified atom stereocenters. The minimum Gasteiger partial charge on any atom is -0.440 e. The standard InChI is InChI=1S/C14H17BrN2OS/c1-10(2)8-16-9-11-7-12(15)3-4-13(11)19-14-17-5-6-18-14/h3-7,10,16H,8-9H2,1-2H3. The molecule has 0 radical (unpaired) electrons. The number of halogens is 1. The zero-order valence-electron chi connectivity index (χ0n) is 11.0. The van der Waals surface area contributed by atoms with E-state index in [1.807, 2.05) is 6.07 Å². The maximum absolute atomic E-state index is 5.29. The number of rotatable bonds is 6. The number of nitrogens with zero attached hydrogens (tertiary/aromatic N) is 1. The van der Waals surface area contributed by atoms with Crippen LogP contribution in [-0.2, 0) is 6.54 Å². The minimum atomic E-state index is 0.648. The molecule has 0 amide bonds. The quantitative estimate of drug-likeness (QED) is 0.849. The first-order valence-electron chi connectivity index (χ1n) is 6.21. The van der Waals surface area contributed by atoms with Crippen molar-refractivity contribution in [2.75, 3.05) is 6.54 Å². The summed E-state index contributed by atoms with van der Waals surface area (Å²) in [6.07, 6.45) is 3.26. The molecule has 0 saturated carbocycles. The van der Waals surface area contributed by atoms with E-state index in [-0.39, 0.29) is 0 Å². The second kappa shape index (κ2) is 7.12. The van der Waals surface area contributed by atoms with E-state index in [4.69, 9.17) is 4.42 Å². The van der Waals surface area contributed by atoms with Gasteiger partial charge in [-0.1, -0.05) is 29.8 Å². The van der Waals surface area contributed by atoms with Gasteiger partial charge < -0.3 is 9.73 Å². The van der Waals surface area contributed by atoms with E-state index in [1.165, 1.54) is 10.5 Å². The smallest absolute Gasteiger partial charge is 0.260 e. The molecule has 0 aliphatic heterocycles. The molecule has 3 nitrogen and oxygen atoms in total. The fourth-order valence-electron chi connectivity index (χ4n) is 1.64.